The van der Waals surface area contributed by atoms with Gasteiger partial charge in [-0.15, -0.1) is 0 Å². The molecule has 0 saturated heterocycles. The van der Waals surface area contributed by atoms with Crippen LogP contribution in [0, 0.1) is 0 Å². The first-order chi connectivity index (χ1) is 9.08. The highest BCUT2D eigenvalue weighted by atomic mass is 35.5. The molecule has 0 radical (unpaired) electrons. The van der Waals surface area contributed by atoms with Crippen molar-refractivity contribution in [2.75, 3.05) is 5.32 Å². The molecule has 98 valence electrons. The van der Waals surface area contributed by atoms with Gasteiger partial charge in [-0.2, -0.15) is 0 Å². The molecule has 0 spiro atoms. The molecule has 2 aromatic rings. The summed E-state index contributed by atoms with van der Waals surface area (Å²) in [5.41, 5.74) is 8.68. The number of nitrogens with two attached hydrogens (primary N) is 1. The minimum atomic E-state index is 0.146. The van der Waals surface area contributed by atoms with Gasteiger partial charge >= 0.3 is 0 Å². The second kappa shape index (κ2) is 6.04. The van der Waals surface area contributed by atoms with E-state index < -0.39 is 0 Å². The van der Waals surface area contributed by atoms with Crippen molar-refractivity contribution in [2.24, 2.45) is 5.73 Å². The third-order valence-corrected chi connectivity index (χ3v) is 3.41. The molecule has 0 aliphatic heterocycles. The number of benzene rings is 2. The van der Waals surface area contributed by atoms with Crippen molar-refractivity contribution in [2.45, 2.75) is 13.0 Å². The van der Waals surface area contributed by atoms with Gasteiger partial charge in [0.25, 0.3) is 0 Å². The van der Waals surface area contributed by atoms with E-state index in [-0.39, 0.29) is 6.04 Å². The molecule has 4 heteroatoms. The van der Waals surface area contributed by atoms with Crippen molar-refractivity contribution < 1.29 is 0 Å². The fourth-order valence-corrected chi connectivity index (χ4v) is 2.20. The summed E-state index contributed by atoms with van der Waals surface area (Å²) in [5.74, 6) is 0. The van der Waals surface area contributed by atoms with Crippen LogP contribution in [0.15, 0.2) is 48.5 Å². The third-order valence-electron chi connectivity index (χ3n) is 2.93. The summed E-state index contributed by atoms with van der Waals surface area (Å²) >= 11 is 10.9. The van der Waals surface area contributed by atoms with E-state index in [9.17, 15) is 0 Å². The average Bonchev–Trinajstić information content (AvgIpc) is 2.39. The lowest BCUT2D eigenvalue weighted by Crippen LogP contribution is -2.14. The molecule has 0 heterocycles. The zero-order valence-electron chi connectivity index (χ0n) is 10.6. The van der Waals surface area contributed by atoms with Gasteiger partial charge < -0.3 is 11.1 Å². The SMILES string of the molecule is CC(Nc1ccccc1C(N)=S)c1ccc(Cl)cc1. The molecule has 1 unspecified atom stereocenters. The number of halogens is 1. The summed E-state index contributed by atoms with van der Waals surface area (Å²) in [7, 11) is 0. The lowest BCUT2D eigenvalue weighted by atomic mass is 10.1. The fraction of sp³-hybridized carbons (Fsp3) is 0.133. The summed E-state index contributed by atoms with van der Waals surface area (Å²) in [6.45, 7) is 2.08. The molecule has 0 fully saturated rings. The van der Waals surface area contributed by atoms with Gasteiger partial charge in [-0.25, -0.2) is 0 Å². The van der Waals surface area contributed by atoms with E-state index in [1.807, 2.05) is 48.5 Å². The Hall–Kier alpha value is -1.58. The van der Waals surface area contributed by atoms with Gasteiger partial charge in [-0.05, 0) is 36.8 Å². The summed E-state index contributed by atoms with van der Waals surface area (Å²) in [4.78, 5) is 0.395. The second-order valence-electron chi connectivity index (χ2n) is 4.33. The molecule has 0 amide bonds. The fourth-order valence-electron chi connectivity index (χ4n) is 1.89. The van der Waals surface area contributed by atoms with Crippen LogP contribution < -0.4 is 11.1 Å². The van der Waals surface area contributed by atoms with E-state index in [0.717, 1.165) is 21.8 Å². The Kier molecular flexibility index (Phi) is 4.40. The molecular weight excluding hydrogens is 276 g/mol. The Balaban J connectivity index is 2.21. The van der Waals surface area contributed by atoms with Gasteiger partial charge in [-0.1, -0.05) is 48.1 Å². The quantitative estimate of drug-likeness (QED) is 0.831. The standard InChI is InChI=1S/C15H15ClN2S/c1-10(11-6-8-12(16)9-7-11)18-14-5-3-2-4-13(14)15(17)19/h2-10,18H,1H3,(H2,17,19). The molecule has 2 nitrogen and oxygen atoms in total. The molecule has 0 aliphatic carbocycles. The zero-order valence-corrected chi connectivity index (χ0v) is 12.1. The maximum absolute atomic E-state index is 5.89. The van der Waals surface area contributed by atoms with Crippen molar-refractivity contribution in [3.05, 3.63) is 64.7 Å². The predicted molar refractivity (Wildman–Crippen MR) is 85.8 cm³/mol. The molecule has 19 heavy (non-hydrogen) atoms. The maximum Gasteiger partial charge on any atom is 0.106 e. The van der Waals surface area contributed by atoms with Gasteiger partial charge in [0.05, 0.1) is 0 Å². The van der Waals surface area contributed by atoms with Crippen LogP contribution in [-0.4, -0.2) is 4.99 Å². The van der Waals surface area contributed by atoms with Crippen LogP contribution in [0.25, 0.3) is 0 Å². The Bertz CT molecular complexity index is 581. The number of rotatable bonds is 4. The number of anilines is 1. The Morgan fingerprint density at radius 1 is 1.16 bits per heavy atom. The lowest BCUT2D eigenvalue weighted by Gasteiger charge is -2.18. The van der Waals surface area contributed by atoms with Crippen LogP contribution >= 0.6 is 23.8 Å². The maximum atomic E-state index is 5.89. The Morgan fingerprint density at radius 3 is 2.42 bits per heavy atom. The van der Waals surface area contributed by atoms with Crippen molar-refractivity contribution in [3.63, 3.8) is 0 Å². The van der Waals surface area contributed by atoms with Gasteiger partial charge in [0.2, 0.25) is 0 Å². The highest BCUT2D eigenvalue weighted by molar-refractivity contribution is 7.80. The average molecular weight is 291 g/mol. The van der Waals surface area contributed by atoms with E-state index >= 15 is 0 Å². The molecule has 2 rings (SSSR count). The van der Waals surface area contributed by atoms with Crippen LogP contribution in [0.2, 0.25) is 5.02 Å². The van der Waals surface area contributed by atoms with Crippen LogP contribution in [0.3, 0.4) is 0 Å². The van der Waals surface area contributed by atoms with Crippen molar-refractivity contribution in [1.29, 1.82) is 0 Å². The largest absolute Gasteiger partial charge is 0.389 e. The monoisotopic (exact) mass is 290 g/mol. The molecule has 0 aliphatic rings. The first-order valence-electron chi connectivity index (χ1n) is 5.99. The number of thiocarbonyl (C=S) groups is 1. The van der Waals surface area contributed by atoms with Crippen molar-refractivity contribution in [1.82, 2.24) is 0 Å². The summed E-state index contributed by atoms with van der Waals surface area (Å²) in [5, 5.41) is 4.15. The molecule has 1 atom stereocenters. The van der Waals surface area contributed by atoms with Crippen LogP contribution in [0.1, 0.15) is 24.1 Å². The summed E-state index contributed by atoms with van der Waals surface area (Å²) in [6.07, 6.45) is 0. The van der Waals surface area contributed by atoms with Crippen LogP contribution in [0.5, 0.6) is 0 Å². The smallest absolute Gasteiger partial charge is 0.106 e. The number of nitrogens with one attached hydrogen (secondary N) is 1. The van der Waals surface area contributed by atoms with Gasteiger partial charge in [-0.3, -0.25) is 0 Å². The normalized spacial score (nSPS) is 11.9. The Morgan fingerprint density at radius 2 is 1.79 bits per heavy atom. The molecule has 3 N–H and O–H groups in total. The number of hydrogen-bond donors (Lipinski definition) is 2. The predicted octanol–water partition coefficient (Wildman–Crippen LogP) is 4.15. The third kappa shape index (κ3) is 3.46. The highest BCUT2D eigenvalue weighted by Gasteiger charge is 2.09. The first-order valence-corrected chi connectivity index (χ1v) is 6.77. The van der Waals surface area contributed by atoms with E-state index in [1.54, 1.807) is 0 Å². The second-order valence-corrected chi connectivity index (χ2v) is 5.20. The minimum absolute atomic E-state index is 0.146. The van der Waals surface area contributed by atoms with Gasteiger partial charge in [0, 0.05) is 22.3 Å². The van der Waals surface area contributed by atoms with E-state index in [1.165, 1.54) is 0 Å². The van der Waals surface area contributed by atoms with Gasteiger partial charge in [0.1, 0.15) is 4.99 Å². The zero-order chi connectivity index (χ0) is 13.8. The summed E-state index contributed by atoms with van der Waals surface area (Å²) in [6, 6.07) is 15.7. The molecular formula is C15H15ClN2S. The lowest BCUT2D eigenvalue weighted by molar-refractivity contribution is 0.884. The van der Waals surface area contributed by atoms with Crippen molar-refractivity contribution in [3.8, 4) is 0 Å². The molecule has 0 saturated carbocycles. The topological polar surface area (TPSA) is 38.0 Å². The van der Waals surface area contributed by atoms with Crippen LogP contribution in [0.4, 0.5) is 5.69 Å². The van der Waals surface area contributed by atoms with Gasteiger partial charge in [0.15, 0.2) is 0 Å². The first kappa shape index (κ1) is 13.8. The molecule has 2 aromatic carbocycles. The minimum Gasteiger partial charge on any atom is -0.389 e. The molecule has 0 bridgehead atoms. The van der Waals surface area contributed by atoms with E-state index in [2.05, 4.69) is 12.2 Å². The molecule has 0 aromatic heterocycles. The van der Waals surface area contributed by atoms with E-state index in [0.29, 0.717) is 4.99 Å². The number of para-hydroxylation sites is 1. The Labute approximate surface area is 123 Å². The van der Waals surface area contributed by atoms with E-state index in [4.69, 9.17) is 29.6 Å². The highest BCUT2D eigenvalue weighted by Crippen LogP contribution is 2.23. The summed E-state index contributed by atoms with van der Waals surface area (Å²) < 4.78 is 0. The van der Waals surface area contributed by atoms with Crippen LogP contribution in [-0.2, 0) is 0 Å². The van der Waals surface area contributed by atoms with Crippen molar-refractivity contribution >= 4 is 34.5 Å². The number of hydrogen-bond acceptors (Lipinski definition) is 2.